The molecule has 1 N–H and O–H groups in total. The van der Waals surface area contributed by atoms with Gasteiger partial charge in [-0.1, -0.05) is 17.7 Å². The van der Waals surface area contributed by atoms with Crippen LogP contribution in [0.25, 0.3) is 0 Å². The summed E-state index contributed by atoms with van der Waals surface area (Å²) in [4.78, 5) is 0.128. The minimum absolute atomic E-state index is 0.115. The maximum Gasteiger partial charge on any atom is 0.240 e. The molecule has 128 valence electrons. The van der Waals surface area contributed by atoms with Gasteiger partial charge in [-0.25, -0.2) is 21.6 Å². The first-order valence-electron chi connectivity index (χ1n) is 7.43. The number of piperidine rings is 1. The zero-order valence-corrected chi connectivity index (χ0v) is 15.0. The fourth-order valence-corrected chi connectivity index (χ4v) is 6.72. The van der Waals surface area contributed by atoms with Crippen molar-refractivity contribution < 1.29 is 16.8 Å². The van der Waals surface area contributed by atoms with E-state index >= 15 is 0 Å². The molecule has 3 rings (SSSR count). The van der Waals surface area contributed by atoms with Crippen LogP contribution in [0.2, 0.25) is 5.02 Å². The third-order valence-electron chi connectivity index (χ3n) is 4.48. The van der Waals surface area contributed by atoms with Crippen molar-refractivity contribution in [3.63, 3.8) is 0 Å². The summed E-state index contributed by atoms with van der Waals surface area (Å²) >= 11 is 5.85. The van der Waals surface area contributed by atoms with Crippen molar-refractivity contribution in [2.24, 2.45) is 0 Å². The van der Waals surface area contributed by atoms with Gasteiger partial charge in [0, 0.05) is 23.1 Å². The first-order valence-corrected chi connectivity index (χ1v) is 11.1. The van der Waals surface area contributed by atoms with Crippen molar-refractivity contribution in [1.82, 2.24) is 9.03 Å². The Hall–Kier alpha value is -0.670. The largest absolute Gasteiger partial charge is 0.240 e. The molecule has 0 aliphatic carbocycles. The molecule has 0 saturated carbocycles. The Labute approximate surface area is 141 Å². The lowest BCUT2D eigenvalue weighted by Gasteiger charge is -2.37. The first-order chi connectivity index (χ1) is 10.7. The van der Waals surface area contributed by atoms with E-state index < -0.39 is 20.0 Å². The highest BCUT2D eigenvalue weighted by atomic mass is 35.5. The molecule has 1 aromatic carbocycles. The molecule has 0 spiro atoms. The van der Waals surface area contributed by atoms with Crippen molar-refractivity contribution in [3.05, 3.63) is 29.3 Å². The minimum atomic E-state index is -3.66. The zero-order chi connectivity index (χ0) is 16.8. The van der Waals surface area contributed by atoms with Gasteiger partial charge >= 0.3 is 0 Å². The third-order valence-corrected chi connectivity index (χ3v) is 7.59. The van der Waals surface area contributed by atoms with Crippen LogP contribution in [0.3, 0.4) is 0 Å². The molecule has 2 saturated heterocycles. The second-order valence-electron chi connectivity index (χ2n) is 6.22. The molecule has 6 nitrogen and oxygen atoms in total. The molecule has 2 aliphatic heterocycles. The Morgan fingerprint density at radius 2 is 1.74 bits per heavy atom. The zero-order valence-electron chi connectivity index (χ0n) is 12.6. The Balaban J connectivity index is 1.76. The van der Waals surface area contributed by atoms with E-state index in [9.17, 15) is 16.8 Å². The van der Waals surface area contributed by atoms with Gasteiger partial charge in [-0.2, -0.15) is 4.31 Å². The summed E-state index contributed by atoms with van der Waals surface area (Å²) in [6, 6.07) is 5.62. The number of nitrogens with zero attached hydrogens (tertiary/aromatic N) is 1. The normalized spacial score (nSPS) is 28.9. The first kappa shape index (κ1) is 17.2. The molecular formula is C14H19ClN2O4S2. The molecule has 0 aromatic heterocycles. The molecule has 0 radical (unpaired) electrons. The summed E-state index contributed by atoms with van der Waals surface area (Å²) in [6.45, 7) is 0. The van der Waals surface area contributed by atoms with Crippen LogP contribution in [-0.2, 0) is 20.0 Å². The van der Waals surface area contributed by atoms with Gasteiger partial charge in [0.15, 0.2) is 0 Å². The molecular weight excluding hydrogens is 360 g/mol. The predicted octanol–water partition coefficient (Wildman–Crippen LogP) is 1.57. The standard InChI is InChI=1S/C14H19ClN2O4S2/c1-22(18,19)17-12-5-6-13(17)9-11(8-12)16-23(20,21)14-4-2-3-10(15)7-14/h2-4,7,11-13,16H,5-6,8-9H2,1H3. The van der Waals surface area contributed by atoms with Gasteiger partial charge in [0.1, 0.15) is 0 Å². The van der Waals surface area contributed by atoms with Crippen LogP contribution in [0.1, 0.15) is 25.7 Å². The molecule has 2 aliphatic rings. The number of fused-ring (bicyclic) bond motifs is 2. The quantitative estimate of drug-likeness (QED) is 0.862. The number of hydrogen-bond acceptors (Lipinski definition) is 4. The van der Waals surface area contributed by atoms with Crippen molar-refractivity contribution in [3.8, 4) is 0 Å². The van der Waals surface area contributed by atoms with Gasteiger partial charge in [0.05, 0.1) is 11.2 Å². The van der Waals surface area contributed by atoms with Crippen LogP contribution in [0, 0.1) is 0 Å². The maximum atomic E-state index is 12.5. The lowest BCUT2D eigenvalue weighted by atomic mass is 10.0. The van der Waals surface area contributed by atoms with Crippen molar-refractivity contribution in [1.29, 1.82) is 0 Å². The Bertz CT molecular complexity index is 796. The van der Waals surface area contributed by atoms with E-state index in [0.29, 0.717) is 17.9 Å². The summed E-state index contributed by atoms with van der Waals surface area (Å²) < 4.78 is 52.9. The molecule has 2 fully saturated rings. The lowest BCUT2D eigenvalue weighted by molar-refractivity contribution is 0.221. The van der Waals surface area contributed by atoms with Crippen molar-refractivity contribution in [2.45, 2.75) is 48.7 Å². The number of nitrogens with one attached hydrogen (secondary N) is 1. The van der Waals surface area contributed by atoms with Crippen LogP contribution in [-0.4, -0.2) is 45.5 Å². The highest BCUT2D eigenvalue weighted by Crippen LogP contribution is 2.37. The maximum absolute atomic E-state index is 12.5. The van der Waals surface area contributed by atoms with Gasteiger partial charge in [-0.05, 0) is 43.9 Å². The SMILES string of the molecule is CS(=O)(=O)N1C2CCC1CC(NS(=O)(=O)c1cccc(Cl)c1)C2. The fraction of sp³-hybridized carbons (Fsp3) is 0.571. The van der Waals surface area contributed by atoms with Gasteiger partial charge in [-0.15, -0.1) is 0 Å². The number of rotatable bonds is 4. The smallest absolute Gasteiger partial charge is 0.212 e. The van der Waals surface area contributed by atoms with E-state index in [4.69, 9.17) is 11.6 Å². The summed E-state index contributed by atoms with van der Waals surface area (Å²) in [5, 5.41) is 0.361. The summed E-state index contributed by atoms with van der Waals surface area (Å²) in [5.41, 5.74) is 0. The molecule has 2 atom stereocenters. The molecule has 9 heteroatoms. The lowest BCUT2D eigenvalue weighted by Crippen LogP contribution is -2.51. The number of halogens is 1. The Morgan fingerprint density at radius 3 is 2.26 bits per heavy atom. The van der Waals surface area contributed by atoms with E-state index in [1.807, 2.05) is 0 Å². The number of benzene rings is 1. The number of hydrogen-bond donors (Lipinski definition) is 1. The van der Waals surface area contributed by atoms with Crippen molar-refractivity contribution >= 4 is 31.6 Å². The average Bonchev–Trinajstić information content (AvgIpc) is 2.71. The molecule has 23 heavy (non-hydrogen) atoms. The van der Waals surface area contributed by atoms with Crippen LogP contribution < -0.4 is 4.72 Å². The van der Waals surface area contributed by atoms with Crippen LogP contribution in [0.4, 0.5) is 0 Å². The minimum Gasteiger partial charge on any atom is -0.212 e. The summed E-state index contributed by atoms with van der Waals surface area (Å²) in [5.74, 6) is 0. The van der Waals surface area contributed by atoms with Crippen LogP contribution in [0.5, 0.6) is 0 Å². The highest BCUT2D eigenvalue weighted by Gasteiger charge is 2.45. The molecule has 2 bridgehead atoms. The fourth-order valence-electron chi connectivity index (χ4n) is 3.69. The second kappa shape index (κ2) is 6.00. The molecule has 0 amide bonds. The molecule has 2 heterocycles. The van der Waals surface area contributed by atoms with Gasteiger partial charge in [-0.3, -0.25) is 0 Å². The van der Waals surface area contributed by atoms with Crippen LogP contribution in [0.15, 0.2) is 29.2 Å². The third kappa shape index (κ3) is 3.56. The van der Waals surface area contributed by atoms with E-state index in [1.54, 1.807) is 16.4 Å². The van der Waals surface area contributed by atoms with E-state index in [-0.39, 0.29) is 23.0 Å². The second-order valence-corrected chi connectivity index (χ2v) is 10.3. The average molecular weight is 379 g/mol. The Morgan fingerprint density at radius 1 is 1.13 bits per heavy atom. The van der Waals surface area contributed by atoms with E-state index in [2.05, 4.69) is 4.72 Å². The van der Waals surface area contributed by atoms with E-state index in [1.165, 1.54) is 18.4 Å². The van der Waals surface area contributed by atoms with Gasteiger partial charge in [0.2, 0.25) is 20.0 Å². The Kier molecular flexibility index (Phi) is 4.48. The van der Waals surface area contributed by atoms with Gasteiger partial charge < -0.3 is 0 Å². The van der Waals surface area contributed by atoms with Crippen molar-refractivity contribution in [2.75, 3.05) is 6.26 Å². The summed E-state index contributed by atoms with van der Waals surface area (Å²) in [6.07, 6.45) is 3.79. The van der Waals surface area contributed by atoms with Gasteiger partial charge in [0.25, 0.3) is 0 Å². The monoisotopic (exact) mass is 378 g/mol. The molecule has 2 unspecified atom stereocenters. The van der Waals surface area contributed by atoms with E-state index in [0.717, 1.165) is 12.8 Å². The highest BCUT2D eigenvalue weighted by molar-refractivity contribution is 7.89. The summed E-state index contributed by atoms with van der Waals surface area (Å²) in [7, 11) is -6.90. The predicted molar refractivity (Wildman–Crippen MR) is 88.3 cm³/mol. The number of sulfonamides is 2. The molecule has 1 aromatic rings. The topological polar surface area (TPSA) is 83.6 Å². The van der Waals surface area contributed by atoms with Crippen LogP contribution >= 0.6 is 11.6 Å².